The summed E-state index contributed by atoms with van der Waals surface area (Å²) in [5.74, 6) is 1.82. The zero-order valence-electron chi connectivity index (χ0n) is 12.1. The molecular formula is C14H23N5. The highest BCUT2D eigenvalue weighted by atomic mass is 15.2. The van der Waals surface area contributed by atoms with E-state index in [2.05, 4.69) is 38.9 Å². The van der Waals surface area contributed by atoms with Gasteiger partial charge in [-0.05, 0) is 19.8 Å². The summed E-state index contributed by atoms with van der Waals surface area (Å²) < 4.78 is 0. The smallest absolute Gasteiger partial charge is 0.161 e. The first-order valence-electron chi connectivity index (χ1n) is 7.19. The van der Waals surface area contributed by atoms with E-state index in [1.807, 2.05) is 13.1 Å². The van der Waals surface area contributed by atoms with E-state index in [1.54, 1.807) is 0 Å². The molecule has 2 aromatic heterocycles. The summed E-state index contributed by atoms with van der Waals surface area (Å²) in [6.45, 7) is 8.47. The Morgan fingerprint density at radius 3 is 2.42 bits per heavy atom. The van der Waals surface area contributed by atoms with Gasteiger partial charge >= 0.3 is 0 Å². The van der Waals surface area contributed by atoms with Crippen LogP contribution in [0, 0.1) is 6.92 Å². The first kappa shape index (κ1) is 13.8. The van der Waals surface area contributed by atoms with Crippen molar-refractivity contribution in [1.29, 1.82) is 0 Å². The second kappa shape index (κ2) is 6.50. The Kier molecular flexibility index (Phi) is 4.71. The Balaban J connectivity index is 2.33. The summed E-state index contributed by atoms with van der Waals surface area (Å²) in [5.41, 5.74) is 0.834. The van der Waals surface area contributed by atoms with Gasteiger partial charge in [-0.3, -0.25) is 5.10 Å². The molecule has 0 aliphatic rings. The van der Waals surface area contributed by atoms with Crippen molar-refractivity contribution in [1.82, 2.24) is 20.2 Å². The molecule has 0 atom stereocenters. The van der Waals surface area contributed by atoms with Crippen LogP contribution in [0.5, 0.6) is 0 Å². The van der Waals surface area contributed by atoms with Crippen molar-refractivity contribution in [2.75, 3.05) is 18.0 Å². The number of aromatic nitrogens is 4. The molecule has 2 heterocycles. The van der Waals surface area contributed by atoms with Crippen LogP contribution < -0.4 is 4.90 Å². The maximum absolute atomic E-state index is 4.63. The molecule has 0 amide bonds. The monoisotopic (exact) mass is 261 g/mol. The highest BCUT2D eigenvalue weighted by Gasteiger charge is 2.14. The van der Waals surface area contributed by atoms with Gasteiger partial charge in [-0.15, -0.1) is 0 Å². The van der Waals surface area contributed by atoms with Gasteiger partial charge in [0.2, 0.25) is 0 Å². The summed E-state index contributed by atoms with van der Waals surface area (Å²) in [5, 5.41) is 8.06. The number of nitrogens with one attached hydrogen (secondary N) is 1. The second-order valence-corrected chi connectivity index (χ2v) is 4.92. The van der Waals surface area contributed by atoms with Crippen LogP contribution in [-0.4, -0.2) is 33.3 Å². The maximum Gasteiger partial charge on any atom is 0.161 e. The van der Waals surface area contributed by atoms with E-state index < -0.39 is 0 Å². The normalized spacial score (nSPS) is 11.1. The first-order valence-corrected chi connectivity index (χ1v) is 7.19. The molecule has 0 aliphatic heterocycles. The highest BCUT2D eigenvalue weighted by molar-refractivity contribution is 5.86. The van der Waals surface area contributed by atoms with Gasteiger partial charge in [0.15, 0.2) is 5.65 Å². The molecule has 5 heteroatoms. The van der Waals surface area contributed by atoms with Crippen LogP contribution in [0.25, 0.3) is 11.0 Å². The number of unbranched alkanes of at least 4 members (excludes halogenated alkanes) is 2. The average molecular weight is 261 g/mol. The van der Waals surface area contributed by atoms with Gasteiger partial charge < -0.3 is 4.90 Å². The number of H-pyrrole nitrogens is 1. The summed E-state index contributed by atoms with van der Waals surface area (Å²) in [7, 11) is 0. The molecule has 2 rings (SSSR count). The molecule has 0 fully saturated rings. The Hall–Kier alpha value is -1.65. The molecule has 0 spiro atoms. The fourth-order valence-electron chi connectivity index (χ4n) is 2.19. The average Bonchev–Trinajstić information content (AvgIpc) is 2.86. The predicted octanol–water partition coefficient (Wildman–Crippen LogP) is 3.07. The number of anilines is 1. The van der Waals surface area contributed by atoms with Gasteiger partial charge in [-0.2, -0.15) is 5.10 Å². The number of rotatable bonds is 7. The number of fused-ring (bicyclic) bond motifs is 1. The third-order valence-electron chi connectivity index (χ3n) is 3.26. The van der Waals surface area contributed by atoms with E-state index in [-0.39, 0.29) is 0 Å². The fraction of sp³-hybridized carbons (Fsp3) is 0.643. The lowest BCUT2D eigenvalue weighted by Crippen LogP contribution is -2.27. The van der Waals surface area contributed by atoms with Gasteiger partial charge in [0, 0.05) is 13.1 Å². The highest BCUT2D eigenvalue weighted by Crippen LogP contribution is 2.23. The Morgan fingerprint density at radius 1 is 1.11 bits per heavy atom. The largest absolute Gasteiger partial charge is 0.356 e. The van der Waals surface area contributed by atoms with E-state index in [9.17, 15) is 0 Å². The van der Waals surface area contributed by atoms with Crippen LogP contribution >= 0.6 is 0 Å². The van der Waals surface area contributed by atoms with Crippen molar-refractivity contribution >= 4 is 16.9 Å². The Morgan fingerprint density at radius 2 is 1.79 bits per heavy atom. The first-order chi connectivity index (χ1) is 9.26. The predicted molar refractivity (Wildman–Crippen MR) is 78.4 cm³/mol. The lowest BCUT2D eigenvalue weighted by atomic mass is 10.2. The number of hydrogen-bond acceptors (Lipinski definition) is 4. The van der Waals surface area contributed by atoms with Crippen LogP contribution in [0.1, 0.15) is 45.4 Å². The Bertz CT molecular complexity index is 512. The minimum atomic E-state index is 0.796. The van der Waals surface area contributed by atoms with Crippen molar-refractivity contribution in [2.24, 2.45) is 0 Å². The quantitative estimate of drug-likeness (QED) is 0.832. The third kappa shape index (κ3) is 3.22. The standard InChI is InChI=1S/C14H23N5/c1-4-6-8-19(9-7-5-2)14-12-10-15-18-13(12)16-11(3)17-14/h10H,4-9H2,1-3H3,(H,15,16,17,18). The zero-order chi connectivity index (χ0) is 13.7. The van der Waals surface area contributed by atoms with E-state index in [0.29, 0.717) is 0 Å². The third-order valence-corrected chi connectivity index (χ3v) is 3.26. The molecule has 0 unspecified atom stereocenters. The lowest BCUT2D eigenvalue weighted by molar-refractivity contribution is 0.672. The number of hydrogen-bond donors (Lipinski definition) is 1. The molecule has 104 valence electrons. The van der Waals surface area contributed by atoms with Crippen molar-refractivity contribution in [3.05, 3.63) is 12.0 Å². The van der Waals surface area contributed by atoms with Crippen molar-refractivity contribution in [3.8, 4) is 0 Å². The van der Waals surface area contributed by atoms with Gasteiger partial charge in [0.25, 0.3) is 0 Å². The molecule has 0 aliphatic carbocycles. The topological polar surface area (TPSA) is 57.7 Å². The van der Waals surface area contributed by atoms with Crippen LogP contribution in [0.2, 0.25) is 0 Å². The molecule has 5 nitrogen and oxygen atoms in total. The van der Waals surface area contributed by atoms with Crippen LogP contribution in [-0.2, 0) is 0 Å². The van der Waals surface area contributed by atoms with Gasteiger partial charge in [0.1, 0.15) is 11.6 Å². The maximum atomic E-state index is 4.63. The molecule has 0 radical (unpaired) electrons. The van der Waals surface area contributed by atoms with E-state index in [4.69, 9.17) is 0 Å². The van der Waals surface area contributed by atoms with Gasteiger partial charge in [0.05, 0.1) is 11.6 Å². The molecule has 2 aromatic rings. The molecular weight excluding hydrogens is 238 g/mol. The van der Waals surface area contributed by atoms with E-state index in [0.717, 1.165) is 35.8 Å². The fourth-order valence-corrected chi connectivity index (χ4v) is 2.19. The van der Waals surface area contributed by atoms with Crippen molar-refractivity contribution in [3.63, 3.8) is 0 Å². The number of aryl methyl sites for hydroxylation is 1. The van der Waals surface area contributed by atoms with Crippen molar-refractivity contribution in [2.45, 2.75) is 46.5 Å². The van der Waals surface area contributed by atoms with Gasteiger partial charge in [-0.1, -0.05) is 26.7 Å². The summed E-state index contributed by atoms with van der Waals surface area (Å²) >= 11 is 0. The number of nitrogens with zero attached hydrogens (tertiary/aromatic N) is 4. The minimum Gasteiger partial charge on any atom is -0.356 e. The summed E-state index contributed by atoms with van der Waals surface area (Å²) in [6.07, 6.45) is 6.59. The molecule has 19 heavy (non-hydrogen) atoms. The van der Waals surface area contributed by atoms with Crippen LogP contribution in [0.15, 0.2) is 6.20 Å². The molecule has 0 saturated carbocycles. The van der Waals surface area contributed by atoms with E-state index in [1.165, 1.54) is 25.7 Å². The van der Waals surface area contributed by atoms with Crippen molar-refractivity contribution < 1.29 is 0 Å². The zero-order valence-corrected chi connectivity index (χ0v) is 12.1. The summed E-state index contributed by atoms with van der Waals surface area (Å²) in [6, 6.07) is 0. The second-order valence-electron chi connectivity index (χ2n) is 4.92. The molecule has 0 saturated heterocycles. The van der Waals surface area contributed by atoms with Crippen LogP contribution in [0.3, 0.4) is 0 Å². The minimum absolute atomic E-state index is 0.796. The molecule has 0 bridgehead atoms. The molecule has 1 N–H and O–H groups in total. The van der Waals surface area contributed by atoms with E-state index >= 15 is 0 Å². The SMILES string of the molecule is CCCCN(CCCC)c1nc(C)nc2[nH]ncc12. The lowest BCUT2D eigenvalue weighted by Gasteiger charge is -2.24. The van der Waals surface area contributed by atoms with Crippen LogP contribution in [0.4, 0.5) is 5.82 Å². The molecule has 0 aromatic carbocycles. The number of aromatic amines is 1. The Labute approximate surface area is 114 Å². The van der Waals surface area contributed by atoms with Gasteiger partial charge in [-0.25, -0.2) is 9.97 Å². The summed E-state index contributed by atoms with van der Waals surface area (Å²) in [4.78, 5) is 11.4.